The lowest BCUT2D eigenvalue weighted by molar-refractivity contribution is -0.247. The number of carbonyl (C=O) groups is 2. The van der Waals surface area contributed by atoms with Crippen LogP contribution in [0.15, 0.2) is 54.6 Å². The van der Waals surface area contributed by atoms with E-state index in [1.54, 1.807) is 18.2 Å². The number of carbonyl (C=O) groups excluding carboxylic acids is 2. The van der Waals surface area contributed by atoms with Crippen LogP contribution in [0.25, 0.3) is 0 Å². The molecule has 0 aliphatic carbocycles. The van der Waals surface area contributed by atoms with Crippen LogP contribution in [-0.2, 0) is 9.53 Å². The Morgan fingerprint density at radius 3 is 2.15 bits per heavy atom. The minimum atomic E-state index is -5.13. The first-order valence-electron chi connectivity index (χ1n) is 10.5. The van der Waals surface area contributed by atoms with E-state index < -0.39 is 23.7 Å². The van der Waals surface area contributed by atoms with E-state index in [9.17, 15) is 22.8 Å². The third-order valence-electron chi connectivity index (χ3n) is 5.49. The number of hydrogen-bond acceptors (Lipinski definition) is 6. The molecule has 0 saturated carbocycles. The number of nitrogens with one attached hydrogen (secondary N) is 1. The van der Waals surface area contributed by atoms with Gasteiger partial charge in [0.25, 0.3) is 11.6 Å². The molecule has 3 rings (SSSR count). The third kappa shape index (κ3) is 4.90. The average Bonchev–Trinajstić information content (AvgIpc) is 2.82. The Kier molecular flexibility index (Phi) is 7.47. The molecule has 1 aliphatic heterocycles. The van der Waals surface area contributed by atoms with E-state index in [2.05, 4.69) is 0 Å². The van der Waals surface area contributed by atoms with Gasteiger partial charge in [-0.15, -0.1) is 0 Å². The maximum Gasteiger partial charge on any atom is 0.436 e. The lowest BCUT2D eigenvalue weighted by atomic mass is 10.0. The number of amides is 1. The zero-order chi connectivity index (χ0) is 24.1. The van der Waals surface area contributed by atoms with Crippen LogP contribution in [0, 0.1) is 0 Å². The van der Waals surface area contributed by atoms with Gasteiger partial charge in [-0.05, 0) is 31.2 Å². The maximum absolute atomic E-state index is 14.6. The maximum atomic E-state index is 14.6. The van der Waals surface area contributed by atoms with Crippen LogP contribution in [0.5, 0.6) is 5.75 Å². The monoisotopic (exact) mass is 465 g/mol. The predicted molar refractivity (Wildman–Crippen MR) is 116 cm³/mol. The van der Waals surface area contributed by atoms with Crippen LogP contribution in [0.3, 0.4) is 0 Å². The normalized spacial score (nSPS) is 16.6. The summed E-state index contributed by atoms with van der Waals surface area (Å²) in [5.41, 5.74) is -2.58. The summed E-state index contributed by atoms with van der Waals surface area (Å²) < 4.78 is 53.8. The van der Waals surface area contributed by atoms with Gasteiger partial charge in [-0.1, -0.05) is 30.3 Å². The largest absolute Gasteiger partial charge is 0.495 e. The molecule has 2 aromatic carbocycles. The number of ether oxygens (including phenoxy) is 2. The molecule has 1 atom stereocenters. The van der Waals surface area contributed by atoms with Gasteiger partial charge in [-0.2, -0.15) is 13.2 Å². The summed E-state index contributed by atoms with van der Waals surface area (Å²) in [5.74, 6) is -1.99. The summed E-state index contributed by atoms with van der Waals surface area (Å²) in [6.45, 7) is 1.21. The van der Waals surface area contributed by atoms with Crippen molar-refractivity contribution in [3.8, 4) is 5.75 Å². The van der Waals surface area contributed by atoms with E-state index in [4.69, 9.17) is 9.47 Å². The number of piperazine rings is 1. The van der Waals surface area contributed by atoms with E-state index in [1.165, 1.54) is 38.3 Å². The average molecular weight is 465 g/mol. The number of nitrogens with zero attached hydrogens (tertiary/aromatic N) is 2. The fourth-order valence-electron chi connectivity index (χ4n) is 3.86. The van der Waals surface area contributed by atoms with Gasteiger partial charge in [0.2, 0.25) is 0 Å². The lowest BCUT2D eigenvalue weighted by Gasteiger charge is -2.46. The van der Waals surface area contributed by atoms with Crippen molar-refractivity contribution in [1.82, 2.24) is 10.2 Å². The molecule has 7 nitrogen and oxygen atoms in total. The highest BCUT2D eigenvalue weighted by Crippen LogP contribution is 2.37. The molecule has 1 fully saturated rings. The van der Waals surface area contributed by atoms with Crippen molar-refractivity contribution in [2.75, 3.05) is 44.8 Å². The first kappa shape index (κ1) is 24.4. The second-order valence-electron chi connectivity index (χ2n) is 7.39. The molecular weight excluding hydrogens is 439 g/mol. The quantitative estimate of drug-likeness (QED) is 0.634. The van der Waals surface area contributed by atoms with E-state index in [0.717, 1.165) is 10.6 Å². The highest BCUT2D eigenvalue weighted by molar-refractivity contribution is 5.98. The molecule has 1 unspecified atom stereocenters. The first-order valence-corrected chi connectivity index (χ1v) is 10.5. The van der Waals surface area contributed by atoms with Crippen LogP contribution in [0.4, 0.5) is 18.9 Å². The summed E-state index contributed by atoms with van der Waals surface area (Å²) in [4.78, 5) is 28.4. The van der Waals surface area contributed by atoms with Crippen LogP contribution < -0.4 is 15.0 Å². The van der Waals surface area contributed by atoms with Crippen molar-refractivity contribution < 1.29 is 32.2 Å². The molecule has 2 aromatic rings. The van der Waals surface area contributed by atoms with Gasteiger partial charge in [0, 0.05) is 31.7 Å². The number of methoxy groups -OCH3 is 1. The molecule has 178 valence electrons. The Morgan fingerprint density at radius 2 is 1.58 bits per heavy atom. The number of anilines is 1. The zero-order valence-electron chi connectivity index (χ0n) is 18.4. The Labute approximate surface area is 190 Å². The molecule has 0 aromatic heterocycles. The fraction of sp³-hybridized carbons (Fsp3) is 0.391. The molecule has 1 amide bonds. The number of esters is 1. The van der Waals surface area contributed by atoms with Crippen molar-refractivity contribution in [3.63, 3.8) is 0 Å². The summed E-state index contributed by atoms with van der Waals surface area (Å²) in [7, 11) is 1.52. The highest BCUT2D eigenvalue weighted by Gasteiger charge is 2.66. The second kappa shape index (κ2) is 10.1. The molecular formula is C23H26F3N3O4. The van der Waals surface area contributed by atoms with Crippen LogP contribution in [0.2, 0.25) is 0 Å². The van der Waals surface area contributed by atoms with Crippen LogP contribution in [-0.4, -0.2) is 68.5 Å². The zero-order valence-corrected chi connectivity index (χ0v) is 18.4. The standard InChI is InChI=1S/C23H26F3N3O4/c1-3-33-21(31)22(23(24,25)26,27-20(30)17-9-5-4-6-10-17)29-15-13-28(14-16-29)18-11-7-8-12-19(18)32-2/h4-12H,3,13-16H2,1-2H3,(H,27,30). The number of halogens is 3. The second-order valence-corrected chi connectivity index (χ2v) is 7.39. The minimum absolute atomic E-state index is 0.00285. The Morgan fingerprint density at radius 1 is 0.970 bits per heavy atom. The predicted octanol–water partition coefficient (Wildman–Crippen LogP) is 3.07. The Bertz CT molecular complexity index is 963. The molecule has 1 saturated heterocycles. The Hall–Kier alpha value is -3.27. The topological polar surface area (TPSA) is 71.1 Å². The molecule has 1 N–H and O–H groups in total. The molecule has 0 spiro atoms. The first-order chi connectivity index (χ1) is 15.7. The van der Waals surface area contributed by atoms with Crippen molar-refractivity contribution in [3.05, 3.63) is 60.2 Å². The Balaban J connectivity index is 1.92. The van der Waals surface area contributed by atoms with Gasteiger partial charge in [0.15, 0.2) is 0 Å². The van der Waals surface area contributed by atoms with Gasteiger partial charge >= 0.3 is 12.1 Å². The molecule has 1 heterocycles. The molecule has 0 bridgehead atoms. The van der Waals surface area contributed by atoms with Gasteiger partial charge < -0.3 is 19.7 Å². The summed E-state index contributed by atoms with van der Waals surface area (Å²) in [5, 5.41) is 1.96. The number of benzene rings is 2. The SMILES string of the molecule is CCOC(=O)C(NC(=O)c1ccccc1)(N1CCN(c2ccccc2OC)CC1)C(F)(F)F. The summed E-state index contributed by atoms with van der Waals surface area (Å²) in [6, 6.07) is 14.6. The number of rotatable bonds is 7. The van der Waals surface area contributed by atoms with E-state index >= 15 is 0 Å². The van der Waals surface area contributed by atoms with Gasteiger partial charge in [0.05, 0.1) is 19.4 Å². The van der Waals surface area contributed by atoms with Crippen molar-refractivity contribution in [1.29, 1.82) is 0 Å². The number of para-hydroxylation sites is 2. The van der Waals surface area contributed by atoms with E-state index in [1.807, 2.05) is 22.3 Å². The fourth-order valence-corrected chi connectivity index (χ4v) is 3.86. The van der Waals surface area contributed by atoms with Gasteiger partial charge in [-0.25, -0.2) is 4.79 Å². The number of hydrogen-bond donors (Lipinski definition) is 1. The van der Waals surface area contributed by atoms with Crippen molar-refractivity contribution in [2.24, 2.45) is 0 Å². The third-order valence-corrected chi connectivity index (χ3v) is 5.49. The lowest BCUT2D eigenvalue weighted by Crippen LogP contribution is -2.75. The van der Waals surface area contributed by atoms with Gasteiger partial charge in [0.1, 0.15) is 5.75 Å². The van der Waals surface area contributed by atoms with E-state index in [0.29, 0.717) is 5.75 Å². The van der Waals surface area contributed by atoms with Crippen molar-refractivity contribution in [2.45, 2.75) is 18.8 Å². The van der Waals surface area contributed by atoms with Crippen molar-refractivity contribution >= 4 is 17.6 Å². The van der Waals surface area contributed by atoms with Crippen LogP contribution >= 0.6 is 0 Å². The van der Waals surface area contributed by atoms with Crippen LogP contribution in [0.1, 0.15) is 17.3 Å². The highest BCUT2D eigenvalue weighted by atomic mass is 19.4. The van der Waals surface area contributed by atoms with Gasteiger partial charge in [-0.3, -0.25) is 9.69 Å². The summed E-state index contributed by atoms with van der Waals surface area (Å²) >= 11 is 0. The summed E-state index contributed by atoms with van der Waals surface area (Å²) in [6.07, 6.45) is -5.13. The minimum Gasteiger partial charge on any atom is -0.495 e. The smallest absolute Gasteiger partial charge is 0.436 e. The molecule has 10 heteroatoms. The molecule has 33 heavy (non-hydrogen) atoms. The number of alkyl halides is 3. The molecule has 0 radical (unpaired) electrons. The molecule has 1 aliphatic rings. The van der Waals surface area contributed by atoms with E-state index in [-0.39, 0.29) is 38.3 Å².